The molecular weight excluding hydrogens is 364 g/mol. The van der Waals surface area contributed by atoms with Gasteiger partial charge >= 0.3 is 0 Å². The van der Waals surface area contributed by atoms with Gasteiger partial charge in [-0.05, 0) is 44.9 Å². The number of anilines is 1. The number of ether oxygens (including phenoxy) is 1. The number of halogens is 1. The molecule has 2 aromatic rings. The van der Waals surface area contributed by atoms with Crippen LogP contribution in [0.2, 0.25) is 5.02 Å². The summed E-state index contributed by atoms with van der Waals surface area (Å²) in [6.07, 6.45) is 0. The van der Waals surface area contributed by atoms with Gasteiger partial charge in [0.1, 0.15) is 11.2 Å². The third kappa shape index (κ3) is 5.01. The fraction of sp³-hybridized carbons (Fsp3) is 0.333. The number of carbonyl (C=O) groups excluding carboxylic acids is 2. The quantitative estimate of drug-likeness (QED) is 0.727. The Morgan fingerprint density at radius 1 is 1.11 bits per heavy atom. The van der Waals surface area contributed by atoms with Gasteiger partial charge in [-0.1, -0.05) is 41.4 Å². The molecule has 2 amide bonds. The van der Waals surface area contributed by atoms with E-state index in [9.17, 15) is 9.59 Å². The first-order valence-corrected chi connectivity index (χ1v) is 9.02. The number of amides is 2. The van der Waals surface area contributed by atoms with Crippen molar-refractivity contribution in [3.05, 3.63) is 58.1 Å². The lowest BCUT2D eigenvalue weighted by molar-refractivity contribution is -0.138. The zero-order chi connectivity index (χ0) is 20.2. The molecule has 2 rings (SSSR count). The van der Waals surface area contributed by atoms with Crippen molar-refractivity contribution in [2.75, 3.05) is 12.4 Å². The number of nitrogens with one attached hydrogen (secondary N) is 2. The molecule has 2 aromatic carbocycles. The van der Waals surface area contributed by atoms with Crippen molar-refractivity contribution >= 4 is 29.1 Å². The van der Waals surface area contributed by atoms with Gasteiger partial charge in [-0.15, -0.1) is 0 Å². The first kappa shape index (κ1) is 20.8. The first-order chi connectivity index (χ1) is 12.6. The summed E-state index contributed by atoms with van der Waals surface area (Å²) in [5, 5.41) is 6.15. The van der Waals surface area contributed by atoms with Crippen LogP contribution in [0.3, 0.4) is 0 Å². The molecule has 6 heteroatoms. The molecule has 0 heterocycles. The van der Waals surface area contributed by atoms with Crippen molar-refractivity contribution < 1.29 is 14.3 Å². The van der Waals surface area contributed by atoms with E-state index < -0.39 is 11.3 Å². The summed E-state index contributed by atoms with van der Waals surface area (Å²) in [4.78, 5) is 25.4. The number of hydrogen-bond donors (Lipinski definition) is 2. The fourth-order valence-electron chi connectivity index (χ4n) is 2.54. The Bertz CT molecular complexity index is 863. The van der Waals surface area contributed by atoms with Gasteiger partial charge < -0.3 is 15.4 Å². The summed E-state index contributed by atoms with van der Waals surface area (Å²) in [6, 6.07) is 11.2. The SMILES string of the molecule is COc1cc(Cl)c(C)cc1NC(=O)C(C)(C)C(=O)NCc1cccc(C)c1. The monoisotopic (exact) mass is 388 g/mol. The molecule has 0 aliphatic rings. The van der Waals surface area contributed by atoms with E-state index in [0.717, 1.165) is 16.7 Å². The summed E-state index contributed by atoms with van der Waals surface area (Å²) in [5.74, 6) is -0.342. The van der Waals surface area contributed by atoms with E-state index in [2.05, 4.69) is 10.6 Å². The molecule has 5 nitrogen and oxygen atoms in total. The average molecular weight is 389 g/mol. The van der Waals surface area contributed by atoms with Crippen molar-refractivity contribution in [2.45, 2.75) is 34.2 Å². The van der Waals surface area contributed by atoms with Gasteiger partial charge in [0.15, 0.2) is 0 Å². The molecule has 0 aromatic heterocycles. The summed E-state index contributed by atoms with van der Waals surface area (Å²) in [5.41, 5.74) is 2.11. The number of benzene rings is 2. The number of aryl methyl sites for hydroxylation is 2. The Balaban J connectivity index is 2.10. The van der Waals surface area contributed by atoms with Gasteiger partial charge in [-0.3, -0.25) is 9.59 Å². The van der Waals surface area contributed by atoms with Gasteiger partial charge in [-0.2, -0.15) is 0 Å². The standard InChI is InChI=1S/C21H25ClN2O3/c1-13-7-6-8-15(9-13)12-23-19(25)21(3,4)20(26)24-17-10-14(2)16(22)11-18(17)27-5/h6-11H,12H2,1-5H3,(H,23,25)(H,24,26). The average Bonchev–Trinajstić information content (AvgIpc) is 2.62. The number of carbonyl (C=O) groups is 2. The van der Waals surface area contributed by atoms with Crippen LogP contribution in [0.1, 0.15) is 30.5 Å². The minimum Gasteiger partial charge on any atom is -0.495 e. The van der Waals surface area contributed by atoms with Crippen LogP contribution in [-0.2, 0) is 16.1 Å². The second-order valence-electron chi connectivity index (χ2n) is 7.05. The molecule has 0 saturated carbocycles. The Labute approximate surface area is 165 Å². The fourth-order valence-corrected chi connectivity index (χ4v) is 2.69. The van der Waals surface area contributed by atoms with Crippen LogP contribution in [0, 0.1) is 19.3 Å². The maximum atomic E-state index is 12.7. The lowest BCUT2D eigenvalue weighted by Gasteiger charge is -2.23. The van der Waals surface area contributed by atoms with Crippen molar-refractivity contribution in [2.24, 2.45) is 5.41 Å². The minimum absolute atomic E-state index is 0.355. The van der Waals surface area contributed by atoms with Crippen molar-refractivity contribution in [1.82, 2.24) is 5.32 Å². The normalized spacial score (nSPS) is 11.0. The van der Waals surface area contributed by atoms with Crippen molar-refractivity contribution in [3.63, 3.8) is 0 Å². The molecule has 0 atom stereocenters. The highest BCUT2D eigenvalue weighted by Crippen LogP contribution is 2.32. The zero-order valence-corrected chi connectivity index (χ0v) is 17.0. The number of hydrogen-bond acceptors (Lipinski definition) is 3. The molecule has 2 N–H and O–H groups in total. The second kappa shape index (κ2) is 8.44. The Morgan fingerprint density at radius 3 is 2.44 bits per heavy atom. The molecule has 27 heavy (non-hydrogen) atoms. The third-order valence-electron chi connectivity index (χ3n) is 4.40. The molecule has 0 bridgehead atoms. The van der Waals surface area contributed by atoms with E-state index in [0.29, 0.717) is 23.0 Å². The third-order valence-corrected chi connectivity index (χ3v) is 4.81. The van der Waals surface area contributed by atoms with E-state index in [1.54, 1.807) is 26.0 Å². The van der Waals surface area contributed by atoms with Crippen LogP contribution in [0.4, 0.5) is 5.69 Å². The van der Waals surface area contributed by atoms with E-state index in [1.165, 1.54) is 7.11 Å². The first-order valence-electron chi connectivity index (χ1n) is 8.64. The van der Waals surface area contributed by atoms with Gasteiger partial charge in [-0.25, -0.2) is 0 Å². The van der Waals surface area contributed by atoms with Crippen LogP contribution < -0.4 is 15.4 Å². The van der Waals surface area contributed by atoms with E-state index in [-0.39, 0.29) is 5.91 Å². The van der Waals surface area contributed by atoms with E-state index in [4.69, 9.17) is 16.3 Å². The molecule has 0 aliphatic carbocycles. The van der Waals surface area contributed by atoms with Gasteiger partial charge in [0.2, 0.25) is 11.8 Å². The Morgan fingerprint density at radius 2 is 1.81 bits per heavy atom. The highest BCUT2D eigenvalue weighted by molar-refractivity contribution is 6.31. The molecule has 0 aliphatic heterocycles. The minimum atomic E-state index is -1.26. The molecule has 0 saturated heterocycles. The predicted molar refractivity (Wildman–Crippen MR) is 108 cm³/mol. The Kier molecular flexibility index (Phi) is 6.50. The topological polar surface area (TPSA) is 67.4 Å². The molecule has 0 unspecified atom stereocenters. The van der Waals surface area contributed by atoms with Crippen LogP contribution in [0.25, 0.3) is 0 Å². The molecule has 0 fully saturated rings. The second-order valence-corrected chi connectivity index (χ2v) is 7.46. The maximum absolute atomic E-state index is 12.7. The van der Waals surface area contributed by atoms with Crippen molar-refractivity contribution in [3.8, 4) is 5.75 Å². The number of methoxy groups -OCH3 is 1. The predicted octanol–water partition coefficient (Wildman–Crippen LogP) is 4.25. The van der Waals surface area contributed by atoms with Crippen LogP contribution >= 0.6 is 11.6 Å². The highest BCUT2D eigenvalue weighted by Gasteiger charge is 2.36. The Hall–Kier alpha value is -2.53. The van der Waals surface area contributed by atoms with Gasteiger partial charge in [0, 0.05) is 17.6 Å². The smallest absolute Gasteiger partial charge is 0.239 e. The largest absolute Gasteiger partial charge is 0.495 e. The lowest BCUT2D eigenvalue weighted by atomic mass is 9.90. The van der Waals surface area contributed by atoms with Gasteiger partial charge in [0.25, 0.3) is 0 Å². The maximum Gasteiger partial charge on any atom is 0.239 e. The molecular formula is C21H25ClN2O3. The zero-order valence-electron chi connectivity index (χ0n) is 16.3. The number of rotatable bonds is 6. The molecule has 0 spiro atoms. The van der Waals surface area contributed by atoms with Crippen LogP contribution in [-0.4, -0.2) is 18.9 Å². The summed E-state index contributed by atoms with van der Waals surface area (Å²) < 4.78 is 5.27. The highest BCUT2D eigenvalue weighted by atomic mass is 35.5. The van der Waals surface area contributed by atoms with Crippen LogP contribution in [0.15, 0.2) is 36.4 Å². The van der Waals surface area contributed by atoms with Gasteiger partial charge in [0.05, 0.1) is 12.8 Å². The molecule has 0 radical (unpaired) electrons. The summed E-state index contributed by atoms with van der Waals surface area (Å²) in [7, 11) is 1.50. The van der Waals surface area contributed by atoms with E-state index >= 15 is 0 Å². The van der Waals surface area contributed by atoms with E-state index in [1.807, 2.05) is 38.1 Å². The molecule has 144 valence electrons. The lowest BCUT2D eigenvalue weighted by Crippen LogP contribution is -2.44. The summed E-state index contributed by atoms with van der Waals surface area (Å²) >= 11 is 6.10. The van der Waals surface area contributed by atoms with Crippen LogP contribution in [0.5, 0.6) is 5.75 Å². The van der Waals surface area contributed by atoms with Crippen molar-refractivity contribution in [1.29, 1.82) is 0 Å². The summed E-state index contributed by atoms with van der Waals surface area (Å²) in [6.45, 7) is 7.36.